The van der Waals surface area contributed by atoms with Gasteiger partial charge >= 0.3 is 0 Å². The third-order valence-electron chi connectivity index (χ3n) is 22.4. The molecule has 0 spiro atoms. The fourth-order valence-electron chi connectivity index (χ4n) is 17.1. The van der Waals surface area contributed by atoms with Gasteiger partial charge in [0.25, 0.3) is 0 Å². The highest BCUT2D eigenvalue weighted by molar-refractivity contribution is 6.23. The van der Waals surface area contributed by atoms with Crippen molar-refractivity contribution in [1.29, 1.82) is 0 Å². The summed E-state index contributed by atoms with van der Waals surface area (Å²) < 4.78 is 0. The molecule has 2 aliphatic rings. The van der Waals surface area contributed by atoms with Crippen molar-refractivity contribution in [3.05, 3.63) is 424 Å². The van der Waals surface area contributed by atoms with Crippen molar-refractivity contribution in [3.8, 4) is 89.5 Å². The highest BCUT2D eigenvalue weighted by atomic mass is 14.9. The first-order chi connectivity index (χ1) is 55.5. The van der Waals surface area contributed by atoms with Crippen molar-refractivity contribution < 1.29 is 0 Å². The summed E-state index contributed by atoms with van der Waals surface area (Å²) in [6, 6.07) is 122. The Balaban J connectivity index is 0.000000146. The van der Waals surface area contributed by atoms with E-state index in [2.05, 4.69) is 368 Å². The lowest BCUT2D eigenvalue weighted by Gasteiger charge is -2.23. The summed E-state index contributed by atoms with van der Waals surface area (Å²) in [5.41, 5.74) is 22.6. The van der Waals surface area contributed by atoms with Crippen LogP contribution in [-0.2, 0) is 0 Å². The molecule has 6 nitrogen and oxygen atoms in total. The number of fused-ring (bicyclic) bond motifs is 7. The van der Waals surface area contributed by atoms with Gasteiger partial charge < -0.3 is 0 Å². The van der Waals surface area contributed by atoms with Crippen LogP contribution in [0.1, 0.15) is 47.5 Å². The van der Waals surface area contributed by atoms with Crippen molar-refractivity contribution in [2.24, 2.45) is 0 Å². The summed E-state index contributed by atoms with van der Waals surface area (Å²) in [5.74, 6) is 1.61. The maximum absolute atomic E-state index is 5.41. The van der Waals surface area contributed by atoms with Crippen LogP contribution >= 0.6 is 0 Å². The van der Waals surface area contributed by atoms with Crippen LogP contribution in [0.25, 0.3) is 176 Å². The molecule has 0 fully saturated rings. The Kier molecular flexibility index (Phi) is 17.5. The topological polar surface area (TPSA) is 77.3 Å². The van der Waals surface area contributed by atoms with Crippen LogP contribution in [0.2, 0.25) is 0 Å². The summed E-state index contributed by atoms with van der Waals surface area (Å²) in [6.07, 6.45) is 22.5. The molecule has 0 saturated heterocycles. The molecule has 0 radical (unpaired) electrons. The molecule has 0 amide bonds. The van der Waals surface area contributed by atoms with Crippen molar-refractivity contribution in [1.82, 2.24) is 29.9 Å². The molecule has 526 valence electrons. The molecule has 0 aliphatic heterocycles. The first kappa shape index (κ1) is 66.9. The van der Waals surface area contributed by atoms with Gasteiger partial charge in [-0.1, -0.05) is 352 Å². The van der Waals surface area contributed by atoms with E-state index in [1.165, 1.54) is 120 Å². The first-order valence-corrected chi connectivity index (χ1v) is 38.5. The molecule has 15 aromatic carbocycles. The summed E-state index contributed by atoms with van der Waals surface area (Å²) in [7, 11) is 0. The number of aromatic nitrogens is 6. The van der Waals surface area contributed by atoms with Gasteiger partial charge in [0, 0.05) is 58.9 Å². The average molecular weight is 1430 g/mol. The molecule has 2 unspecified atom stereocenters. The summed E-state index contributed by atoms with van der Waals surface area (Å²) >= 11 is 0. The molecule has 112 heavy (non-hydrogen) atoms. The standard InChI is InChI=1S/C55H37N3.C51H35N3/c1-3-20-43-37(13-1)15-10-26-45(43)52-34-51(39-30-28-36(29-31-39)42-19-12-32-56-35-42)57-55(58-52)41-18-9-17-40(33-41)53-47-22-5-7-24-49(47)54(50-25-8-6-23-48(50)53)46-27-11-16-38-14-2-4-21-44(38)46;1-2-14-36(15-3-1)47-32-48(37-28-26-34(27-29-37)40-19-12-30-52-33-40)54-51(53-47)39-18-10-17-38(31-39)49-43-21-6-8-23-45(43)50(46-24-9-7-22-44(46)49)42-25-11-16-35-13-4-5-20-41(35)42/h1-32,34-35,41H,33H2;1-30,32-33,39H,31H2. The van der Waals surface area contributed by atoms with Crippen LogP contribution in [0, 0.1) is 0 Å². The largest absolute Gasteiger partial charge is 0.264 e. The minimum Gasteiger partial charge on any atom is -0.264 e. The minimum absolute atomic E-state index is 0.00246. The van der Waals surface area contributed by atoms with Gasteiger partial charge in [-0.2, -0.15) is 0 Å². The Morgan fingerprint density at radius 2 is 0.518 bits per heavy atom. The van der Waals surface area contributed by atoms with Crippen molar-refractivity contribution >= 4 is 86.6 Å². The maximum atomic E-state index is 5.41. The lowest BCUT2D eigenvalue weighted by atomic mass is 9.81. The Hall–Kier alpha value is -14.5. The molecular weight excluding hydrogens is 1360 g/mol. The number of hydrogen-bond donors (Lipinski definition) is 0. The van der Waals surface area contributed by atoms with E-state index < -0.39 is 0 Å². The number of nitrogens with zero attached hydrogens (tertiary/aromatic N) is 6. The highest BCUT2D eigenvalue weighted by Gasteiger charge is 2.28. The minimum atomic E-state index is -0.0291. The molecular formula is C106H72N6. The zero-order chi connectivity index (χ0) is 74.3. The van der Waals surface area contributed by atoms with Gasteiger partial charge in [0.1, 0.15) is 11.6 Å². The number of pyridine rings is 2. The predicted octanol–water partition coefficient (Wildman–Crippen LogP) is 27.4. The molecule has 6 heteroatoms. The van der Waals surface area contributed by atoms with Crippen LogP contribution in [0.3, 0.4) is 0 Å². The predicted molar refractivity (Wildman–Crippen MR) is 468 cm³/mol. The molecule has 0 saturated carbocycles. The van der Waals surface area contributed by atoms with E-state index in [1.54, 1.807) is 6.20 Å². The fourth-order valence-corrected chi connectivity index (χ4v) is 17.1. The van der Waals surface area contributed by atoms with Crippen molar-refractivity contribution in [2.75, 3.05) is 0 Å². The Labute approximate surface area is 650 Å². The van der Waals surface area contributed by atoms with Crippen molar-refractivity contribution in [2.45, 2.75) is 24.7 Å². The third-order valence-corrected chi connectivity index (χ3v) is 22.4. The number of rotatable bonds is 12. The Morgan fingerprint density at radius 3 is 0.902 bits per heavy atom. The third kappa shape index (κ3) is 12.6. The molecule has 19 aromatic rings. The number of benzene rings is 15. The molecule has 0 N–H and O–H groups in total. The lowest BCUT2D eigenvalue weighted by Crippen LogP contribution is -2.08. The van der Waals surface area contributed by atoms with Gasteiger partial charge in [0.15, 0.2) is 0 Å². The van der Waals surface area contributed by atoms with Crippen molar-refractivity contribution in [3.63, 3.8) is 0 Å². The van der Waals surface area contributed by atoms with E-state index >= 15 is 0 Å². The second kappa shape index (κ2) is 29.3. The average Bonchev–Trinajstić information content (AvgIpc) is 0.725. The Bertz CT molecular complexity index is 6850. The van der Waals surface area contributed by atoms with Gasteiger partial charge in [-0.25, -0.2) is 19.9 Å². The van der Waals surface area contributed by atoms with Crippen LogP contribution in [0.5, 0.6) is 0 Å². The van der Waals surface area contributed by atoms with E-state index in [0.717, 1.165) is 91.8 Å². The second-order valence-corrected chi connectivity index (χ2v) is 29.0. The second-order valence-electron chi connectivity index (χ2n) is 29.0. The van der Waals surface area contributed by atoms with E-state index in [-0.39, 0.29) is 11.8 Å². The lowest BCUT2D eigenvalue weighted by molar-refractivity contribution is 0.786. The van der Waals surface area contributed by atoms with E-state index in [4.69, 9.17) is 19.9 Å². The molecule has 4 heterocycles. The van der Waals surface area contributed by atoms with Crippen LogP contribution in [-0.4, -0.2) is 29.9 Å². The van der Waals surface area contributed by atoms with E-state index in [0.29, 0.717) is 0 Å². The molecule has 2 aliphatic carbocycles. The van der Waals surface area contributed by atoms with E-state index in [1.807, 2.05) is 36.8 Å². The van der Waals surface area contributed by atoms with Gasteiger partial charge in [-0.15, -0.1) is 0 Å². The molecule has 4 aromatic heterocycles. The molecule has 2 atom stereocenters. The maximum Gasteiger partial charge on any atom is 0.136 e. The van der Waals surface area contributed by atoms with Gasteiger partial charge in [-0.3, -0.25) is 9.97 Å². The monoisotopic (exact) mass is 1430 g/mol. The van der Waals surface area contributed by atoms with E-state index in [9.17, 15) is 0 Å². The normalized spacial score (nSPS) is 14.0. The fraction of sp³-hybridized carbons (Fsp3) is 0.0377. The zero-order valence-electron chi connectivity index (χ0n) is 61.4. The summed E-state index contributed by atoms with van der Waals surface area (Å²) in [6.45, 7) is 0. The first-order valence-electron chi connectivity index (χ1n) is 38.5. The quantitative estimate of drug-likeness (QED) is 0.113. The smallest absolute Gasteiger partial charge is 0.136 e. The number of hydrogen-bond acceptors (Lipinski definition) is 6. The van der Waals surface area contributed by atoms with Gasteiger partial charge in [0.2, 0.25) is 0 Å². The van der Waals surface area contributed by atoms with Crippen LogP contribution < -0.4 is 0 Å². The molecule has 21 rings (SSSR count). The van der Waals surface area contributed by atoms with Gasteiger partial charge in [0.05, 0.1) is 22.8 Å². The number of allylic oxidation sites excluding steroid dienone is 8. The summed E-state index contributed by atoms with van der Waals surface area (Å²) in [4.78, 5) is 30.0. The summed E-state index contributed by atoms with van der Waals surface area (Å²) in [5, 5.41) is 17.4. The SMILES string of the molecule is C1=CC(c2nc(-c3ccc(-c4cccnc4)cc3)cc(-c3cccc4ccccc34)n2)CC(c2c3ccccc3c(-c3cccc4ccccc34)c3ccccc23)=C1.C1=CC(c2nc(-c3ccccc3)cc(-c3ccc(-c4cccnc4)cc3)n2)CC(c2c3ccccc3c(-c3cccc4ccccc34)c3ccccc23)=C1. The molecule has 0 bridgehead atoms. The van der Waals surface area contributed by atoms with Crippen LogP contribution in [0.4, 0.5) is 0 Å². The Morgan fingerprint density at radius 1 is 0.223 bits per heavy atom. The van der Waals surface area contributed by atoms with Crippen LogP contribution in [0.15, 0.2) is 401 Å². The highest BCUT2D eigenvalue weighted by Crippen LogP contribution is 2.49. The zero-order valence-corrected chi connectivity index (χ0v) is 61.4. The van der Waals surface area contributed by atoms with Gasteiger partial charge in [-0.05, 0) is 179 Å².